The van der Waals surface area contributed by atoms with Gasteiger partial charge in [-0.15, -0.1) is 0 Å². The predicted molar refractivity (Wildman–Crippen MR) is 96.6 cm³/mol. The van der Waals surface area contributed by atoms with Crippen molar-refractivity contribution >= 4 is 23.0 Å². The van der Waals surface area contributed by atoms with Gasteiger partial charge in [0.25, 0.3) is 0 Å². The summed E-state index contributed by atoms with van der Waals surface area (Å²) < 4.78 is 19.3. The first-order chi connectivity index (χ1) is 11.0. The first-order valence-corrected chi connectivity index (χ1v) is 7.88. The van der Waals surface area contributed by atoms with E-state index in [1.54, 1.807) is 18.2 Å². The zero-order valence-electron chi connectivity index (χ0n) is 13.5. The number of anilines is 1. The molecule has 1 unspecified atom stereocenters. The molecule has 5 heteroatoms. The fourth-order valence-electron chi connectivity index (χ4n) is 2.01. The number of benzene rings is 2. The normalized spacial score (nSPS) is 11.7. The fourth-order valence-corrected chi connectivity index (χ4v) is 2.32. The molecule has 0 bridgehead atoms. The minimum atomic E-state index is -0.337. The highest BCUT2D eigenvalue weighted by Crippen LogP contribution is 2.16. The largest absolute Gasteiger partial charge is 0.491 e. The second kappa shape index (κ2) is 7.92. The topological polar surface area (TPSA) is 33.3 Å². The van der Waals surface area contributed by atoms with E-state index in [0.29, 0.717) is 17.4 Å². The van der Waals surface area contributed by atoms with Gasteiger partial charge in [0.15, 0.2) is 5.11 Å². The molecule has 2 aromatic rings. The van der Waals surface area contributed by atoms with Gasteiger partial charge in [0.1, 0.15) is 18.2 Å². The van der Waals surface area contributed by atoms with Crippen molar-refractivity contribution in [3.05, 3.63) is 59.4 Å². The number of halogens is 1. The SMILES string of the molecule is Cc1ccc(OCC(C)NC(=S)Nc2ccccc2F)cc1C. The number of hydrogen-bond donors (Lipinski definition) is 2. The van der Waals surface area contributed by atoms with E-state index in [0.717, 1.165) is 5.75 Å². The van der Waals surface area contributed by atoms with Gasteiger partial charge < -0.3 is 15.4 Å². The molecule has 0 spiro atoms. The summed E-state index contributed by atoms with van der Waals surface area (Å²) in [7, 11) is 0. The molecule has 0 saturated heterocycles. The molecule has 0 aliphatic rings. The molecule has 3 nitrogen and oxygen atoms in total. The van der Waals surface area contributed by atoms with Crippen molar-refractivity contribution in [2.45, 2.75) is 26.8 Å². The van der Waals surface area contributed by atoms with Crippen LogP contribution in [0.15, 0.2) is 42.5 Å². The number of para-hydroxylation sites is 1. The fraction of sp³-hybridized carbons (Fsp3) is 0.278. The van der Waals surface area contributed by atoms with Crippen molar-refractivity contribution in [2.75, 3.05) is 11.9 Å². The molecule has 1 atom stereocenters. The molecule has 0 fully saturated rings. The van der Waals surface area contributed by atoms with Gasteiger partial charge in [-0.3, -0.25) is 0 Å². The summed E-state index contributed by atoms with van der Waals surface area (Å²) >= 11 is 5.20. The standard InChI is InChI=1S/C18H21FN2OS/c1-12-8-9-15(10-13(12)2)22-11-14(3)20-18(23)21-17-7-5-4-6-16(17)19/h4-10,14H,11H2,1-3H3,(H2,20,21,23). The van der Waals surface area contributed by atoms with E-state index in [2.05, 4.69) is 24.5 Å². The lowest BCUT2D eigenvalue weighted by Gasteiger charge is -2.18. The highest BCUT2D eigenvalue weighted by Gasteiger charge is 2.08. The van der Waals surface area contributed by atoms with Gasteiger partial charge in [-0.05, 0) is 68.4 Å². The van der Waals surface area contributed by atoms with Gasteiger partial charge >= 0.3 is 0 Å². The number of hydrogen-bond acceptors (Lipinski definition) is 2. The van der Waals surface area contributed by atoms with Gasteiger partial charge in [0, 0.05) is 0 Å². The summed E-state index contributed by atoms with van der Waals surface area (Å²) in [5.74, 6) is 0.491. The van der Waals surface area contributed by atoms with Crippen LogP contribution in [0.25, 0.3) is 0 Å². The van der Waals surface area contributed by atoms with Gasteiger partial charge in [-0.2, -0.15) is 0 Å². The Morgan fingerprint density at radius 3 is 2.61 bits per heavy atom. The lowest BCUT2D eigenvalue weighted by molar-refractivity contribution is 0.287. The Morgan fingerprint density at radius 2 is 1.91 bits per heavy atom. The summed E-state index contributed by atoms with van der Waals surface area (Å²) in [6.45, 7) is 6.53. The minimum absolute atomic E-state index is 0.0108. The predicted octanol–water partition coefficient (Wildman–Crippen LogP) is 4.20. The van der Waals surface area contributed by atoms with Crippen molar-refractivity contribution in [2.24, 2.45) is 0 Å². The Hall–Kier alpha value is -2.14. The van der Waals surface area contributed by atoms with E-state index in [4.69, 9.17) is 17.0 Å². The Kier molecular flexibility index (Phi) is 5.93. The van der Waals surface area contributed by atoms with Crippen molar-refractivity contribution in [3.8, 4) is 5.75 Å². The molecular weight excluding hydrogens is 311 g/mol. The summed E-state index contributed by atoms with van der Waals surface area (Å²) in [5.41, 5.74) is 2.78. The average Bonchev–Trinajstić information content (AvgIpc) is 2.51. The first-order valence-electron chi connectivity index (χ1n) is 7.48. The van der Waals surface area contributed by atoms with E-state index in [9.17, 15) is 4.39 Å². The molecule has 0 aliphatic heterocycles. The van der Waals surface area contributed by atoms with E-state index in [1.165, 1.54) is 17.2 Å². The molecular formula is C18H21FN2OS. The molecule has 0 heterocycles. The van der Waals surface area contributed by atoms with Crippen molar-refractivity contribution in [1.29, 1.82) is 0 Å². The molecule has 0 amide bonds. The number of thiocarbonyl (C=S) groups is 1. The molecule has 2 N–H and O–H groups in total. The van der Waals surface area contributed by atoms with Crippen LogP contribution in [0, 0.1) is 19.7 Å². The number of ether oxygens (including phenoxy) is 1. The van der Waals surface area contributed by atoms with Crippen LogP contribution in [0.2, 0.25) is 0 Å². The lowest BCUT2D eigenvalue weighted by Crippen LogP contribution is -2.39. The molecule has 122 valence electrons. The zero-order valence-corrected chi connectivity index (χ0v) is 14.3. The molecule has 23 heavy (non-hydrogen) atoms. The van der Waals surface area contributed by atoms with Crippen LogP contribution in [0.1, 0.15) is 18.1 Å². The van der Waals surface area contributed by atoms with Crippen LogP contribution in [0.3, 0.4) is 0 Å². The minimum Gasteiger partial charge on any atom is -0.491 e. The van der Waals surface area contributed by atoms with Crippen LogP contribution in [-0.4, -0.2) is 17.8 Å². The van der Waals surface area contributed by atoms with Crippen molar-refractivity contribution in [3.63, 3.8) is 0 Å². The average molecular weight is 332 g/mol. The molecule has 2 rings (SSSR count). The van der Waals surface area contributed by atoms with E-state index in [-0.39, 0.29) is 11.9 Å². The number of nitrogens with one attached hydrogen (secondary N) is 2. The molecule has 0 radical (unpaired) electrons. The summed E-state index contributed by atoms with van der Waals surface area (Å²) in [6.07, 6.45) is 0. The van der Waals surface area contributed by atoms with Crippen LogP contribution in [0.4, 0.5) is 10.1 Å². The quantitative estimate of drug-likeness (QED) is 0.804. The highest BCUT2D eigenvalue weighted by atomic mass is 32.1. The molecule has 0 aliphatic carbocycles. The summed E-state index contributed by atoms with van der Waals surface area (Å²) in [6, 6.07) is 12.4. The lowest BCUT2D eigenvalue weighted by atomic mass is 10.1. The Bertz CT molecular complexity index is 690. The molecule has 0 saturated carbocycles. The van der Waals surface area contributed by atoms with Crippen LogP contribution < -0.4 is 15.4 Å². The smallest absolute Gasteiger partial charge is 0.171 e. The summed E-state index contributed by atoms with van der Waals surface area (Å²) in [5, 5.41) is 6.29. The van der Waals surface area contributed by atoms with Crippen molar-refractivity contribution < 1.29 is 9.13 Å². The third kappa shape index (κ3) is 5.21. The monoisotopic (exact) mass is 332 g/mol. The second-order valence-electron chi connectivity index (χ2n) is 5.54. The molecule has 2 aromatic carbocycles. The van der Waals surface area contributed by atoms with E-state index in [1.807, 2.05) is 25.1 Å². The van der Waals surface area contributed by atoms with E-state index >= 15 is 0 Å². The van der Waals surface area contributed by atoms with E-state index < -0.39 is 0 Å². The van der Waals surface area contributed by atoms with Crippen LogP contribution >= 0.6 is 12.2 Å². The van der Waals surface area contributed by atoms with Crippen molar-refractivity contribution in [1.82, 2.24) is 5.32 Å². The zero-order chi connectivity index (χ0) is 16.8. The maximum Gasteiger partial charge on any atom is 0.171 e. The van der Waals surface area contributed by atoms with Gasteiger partial charge in [-0.25, -0.2) is 4.39 Å². The Labute approximate surface area is 141 Å². The maximum absolute atomic E-state index is 13.6. The number of aryl methyl sites for hydroxylation is 2. The molecule has 0 aromatic heterocycles. The van der Waals surface area contributed by atoms with Gasteiger partial charge in [0.2, 0.25) is 0 Å². The summed E-state index contributed by atoms with van der Waals surface area (Å²) in [4.78, 5) is 0. The van der Waals surface area contributed by atoms with Gasteiger partial charge in [-0.1, -0.05) is 18.2 Å². The van der Waals surface area contributed by atoms with Crippen LogP contribution in [0.5, 0.6) is 5.75 Å². The third-order valence-corrected chi connectivity index (χ3v) is 3.70. The Morgan fingerprint density at radius 1 is 1.17 bits per heavy atom. The second-order valence-corrected chi connectivity index (χ2v) is 5.94. The first kappa shape index (κ1) is 17.2. The van der Waals surface area contributed by atoms with Crippen LogP contribution in [-0.2, 0) is 0 Å². The maximum atomic E-state index is 13.6. The Balaban J connectivity index is 1.82. The van der Waals surface area contributed by atoms with Gasteiger partial charge in [0.05, 0.1) is 11.7 Å². The highest BCUT2D eigenvalue weighted by molar-refractivity contribution is 7.80. The third-order valence-electron chi connectivity index (χ3n) is 3.48. The number of rotatable bonds is 5.